The summed E-state index contributed by atoms with van der Waals surface area (Å²) in [6.07, 6.45) is 1.73. The van der Waals surface area contributed by atoms with Crippen LogP contribution >= 0.6 is 23.2 Å². The fourth-order valence-electron chi connectivity index (χ4n) is 1.96. The Morgan fingerprint density at radius 1 is 1.04 bits per heavy atom. The molecule has 136 valence electrons. The van der Waals surface area contributed by atoms with E-state index in [-0.39, 0.29) is 12.4 Å². The average molecular weight is 394 g/mol. The molecule has 0 saturated heterocycles. The number of rotatable bonds is 5. The molecular weight excluding hydrogens is 377 g/mol. The standard InChI is InChI=1S/C16H17Cl2N7O/c1-23(2)14-20-15(24(3)4)22-16(21-14)25(9-19)13(26)7-10-5-6-11(17)8-12(10)18/h5-6,8H,7H2,1-4H3. The van der Waals surface area contributed by atoms with Gasteiger partial charge in [-0.2, -0.15) is 25.1 Å². The molecule has 1 aromatic heterocycles. The summed E-state index contributed by atoms with van der Waals surface area (Å²) in [5, 5.41) is 10.3. The second-order valence-electron chi connectivity index (χ2n) is 5.77. The van der Waals surface area contributed by atoms with E-state index in [9.17, 15) is 10.1 Å². The summed E-state index contributed by atoms with van der Waals surface area (Å²) in [5.74, 6) is 0.0925. The van der Waals surface area contributed by atoms with Crippen LogP contribution in [0.1, 0.15) is 5.56 Å². The lowest BCUT2D eigenvalue weighted by atomic mass is 10.1. The second kappa shape index (κ2) is 8.17. The first-order valence-corrected chi connectivity index (χ1v) is 8.26. The monoisotopic (exact) mass is 393 g/mol. The quantitative estimate of drug-likeness (QED) is 0.568. The van der Waals surface area contributed by atoms with Crippen molar-refractivity contribution in [1.82, 2.24) is 15.0 Å². The molecule has 0 aliphatic rings. The Hall–Kier alpha value is -2.63. The van der Waals surface area contributed by atoms with Gasteiger partial charge in [-0.3, -0.25) is 4.79 Å². The molecule has 0 saturated carbocycles. The van der Waals surface area contributed by atoms with Crippen LogP contribution in [0.15, 0.2) is 18.2 Å². The number of nitriles is 1. The van der Waals surface area contributed by atoms with Gasteiger partial charge >= 0.3 is 0 Å². The molecular formula is C16H17Cl2N7O. The predicted molar refractivity (Wildman–Crippen MR) is 102 cm³/mol. The molecule has 0 bridgehead atoms. The number of benzene rings is 1. The highest BCUT2D eigenvalue weighted by molar-refractivity contribution is 6.35. The minimum Gasteiger partial charge on any atom is -0.347 e. The number of halogens is 2. The third-order valence-electron chi connectivity index (χ3n) is 3.31. The van der Waals surface area contributed by atoms with Gasteiger partial charge in [0.1, 0.15) is 0 Å². The summed E-state index contributed by atoms with van der Waals surface area (Å²) in [5.41, 5.74) is 0.552. The molecule has 26 heavy (non-hydrogen) atoms. The van der Waals surface area contributed by atoms with Gasteiger partial charge in [0.2, 0.25) is 17.8 Å². The van der Waals surface area contributed by atoms with Crippen molar-refractivity contribution in [3.8, 4) is 6.19 Å². The first-order chi connectivity index (χ1) is 12.2. The maximum absolute atomic E-state index is 12.6. The minimum absolute atomic E-state index is 0.0509. The van der Waals surface area contributed by atoms with Crippen molar-refractivity contribution in [3.63, 3.8) is 0 Å². The van der Waals surface area contributed by atoms with Crippen LogP contribution in [0, 0.1) is 11.5 Å². The van der Waals surface area contributed by atoms with Crippen LogP contribution in [0.3, 0.4) is 0 Å². The fourth-order valence-corrected chi connectivity index (χ4v) is 2.44. The molecule has 1 amide bonds. The van der Waals surface area contributed by atoms with E-state index in [0.717, 1.165) is 4.90 Å². The van der Waals surface area contributed by atoms with E-state index >= 15 is 0 Å². The second-order valence-corrected chi connectivity index (χ2v) is 6.61. The summed E-state index contributed by atoms with van der Waals surface area (Å²) < 4.78 is 0. The molecule has 8 nitrogen and oxygen atoms in total. The summed E-state index contributed by atoms with van der Waals surface area (Å²) in [6, 6.07) is 4.81. The van der Waals surface area contributed by atoms with Crippen LogP contribution in [0.4, 0.5) is 17.8 Å². The van der Waals surface area contributed by atoms with Crippen molar-refractivity contribution in [2.45, 2.75) is 6.42 Å². The first-order valence-electron chi connectivity index (χ1n) is 7.50. The summed E-state index contributed by atoms with van der Waals surface area (Å²) in [6.45, 7) is 0. The van der Waals surface area contributed by atoms with Gasteiger partial charge in [0, 0.05) is 38.2 Å². The topological polar surface area (TPSA) is 89.3 Å². The van der Waals surface area contributed by atoms with Gasteiger partial charge in [0.25, 0.3) is 5.95 Å². The van der Waals surface area contributed by atoms with Crippen LogP contribution in [0.5, 0.6) is 0 Å². The zero-order valence-electron chi connectivity index (χ0n) is 14.7. The van der Waals surface area contributed by atoms with Crippen LogP contribution in [-0.2, 0) is 11.2 Å². The molecule has 2 rings (SSSR count). The van der Waals surface area contributed by atoms with Crippen LogP contribution < -0.4 is 14.7 Å². The smallest absolute Gasteiger partial charge is 0.252 e. The number of nitrogens with zero attached hydrogens (tertiary/aromatic N) is 7. The molecule has 0 spiro atoms. The molecule has 0 unspecified atom stereocenters. The van der Waals surface area contributed by atoms with Crippen molar-refractivity contribution in [2.75, 3.05) is 42.9 Å². The predicted octanol–water partition coefficient (Wildman–Crippen LogP) is 2.37. The van der Waals surface area contributed by atoms with E-state index in [1.807, 2.05) is 6.19 Å². The van der Waals surface area contributed by atoms with Gasteiger partial charge < -0.3 is 9.80 Å². The van der Waals surface area contributed by atoms with Gasteiger partial charge in [-0.25, -0.2) is 0 Å². The molecule has 0 aliphatic heterocycles. The lowest BCUT2D eigenvalue weighted by molar-refractivity contribution is -0.117. The number of aromatic nitrogens is 3. The molecule has 0 aliphatic carbocycles. The maximum atomic E-state index is 12.6. The van der Waals surface area contributed by atoms with Gasteiger partial charge in [0.15, 0.2) is 6.19 Å². The number of anilines is 3. The normalized spacial score (nSPS) is 10.2. The van der Waals surface area contributed by atoms with Gasteiger partial charge in [-0.15, -0.1) is 0 Å². The van der Waals surface area contributed by atoms with Crippen molar-refractivity contribution < 1.29 is 4.79 Å². The highest BCUT2D eigenvalue weighted by atomic mass is 35.5. The van der Waals surface area contributed by atoms with E-state index in [1.165, 1.54) is 0 Å². The lowest BCUT2D eigenvalue weighted by Crippen LogP contribution is -2.31. The van der Waals surface area contributed by atoms with E-state index in [2.05, 4.69) is 15.0 Å². The Morgan fingerprint density at radius 2 is 1.58 bits per heavy atom. The largest absolute Gasteiger partial charge is 0.347 e. The van der Waals surface area contributed by atoms with Crippen LogP contribution in [-0.4, -0.2) is 49.0 Å². The van der Waals surface area contributed by atoms with Crippen LogP contribution in [0.2, 0.25) is 10.0 Å². The van der Waals surface area contributed by atoms with Crippen molar-refractivity contribution in [3.05, 3.63) is 33.8 Å². The Bertz CT molecular complexity index is 838. The molecule has 0 radical (unpaired) electrons. The molecule has 2 aromatic rings. The first kappa shape index (κ1) is 19.7. The maximum Gasteiger partial charge on any atom is 0.252 e. The summed E-state index contributed by atoms with van der Waals surface area (Å²) in [4.78, 5) is 29.4. The summed E-state index contributed by atoms with van der Waals surface area (Å²) in [7, 11) is 7.02. The number of carbonyl (C=O) groups is 1. The van der Waals surface area contributed by atoms with E-state index < -0.39 is 5.91 Å². The molecule has 0 atom stereocenters. The Balaban J connectivity index is 2.38. The van der Waals surface area contributed by atoms with Gasteiger partial charge in [-0.1, -0.05) is 29.3 Å². The lowest BCUT2D eigenvalue weighted by Gasteiger charge is -2.19. The zero-order chi connectivity index (χ0) is 19.4. The van der Waals surface area contributed by atoms with Crippen LogP contribution in [0.25, 0.3) is 0 Å². The fraction of sp³-hybridized carbons (Fsp3) is 0.312. The van der Waals surface area contributed by atoms with E-state index in [1.54, 1.807) is 56.2 Å². The Labute approximate surface area is 161 Å². The number of hydrogen-bond donors (Lipinski definition) is 0. The number of amides is 1. The van der Waals surface area contributed by atoms with Crippen molar-refractivity contribution in [2.24, 2.45) is 0 Å². The number of carbonyl (C=O) groups excluding carboxylic acids is 1. The third kappa shape index (κ3) is 4.50. The van der Waals surface area contributed by atoms with Gasteiger partial charge in [-0.05, 0) is 17.7 Å². The number of hydrogen-bond acceptors (Lipinski definition) is 7. The molecule has 1 aromatic carbocycles. The minimum atomic E-state index is -0.516. The van der Waals surface area contributed by atoms with Gasteiger partial charge in [0.05, 0.1) is 6.42 Å². The Morgan fingerprint density at radius 3 is 2.04 bits per heavy atom. The highest BCUT2D eigenvalue weighted by Crippen LogP contribution is 2.23. The zero-order valence-corrected chi connectivity index (χ0v) is 16.2. The highest BCUT2D eigenvalue weighted by Gasteiger charge is 2.22. The molecule has 0 N–H and O–H groups in total. The third-order valence-corrected chi connectivity index (χ3v) is 3.89. The van der Waals surface area contributed by atoms with E-state index in [0.29, 0.717) is 27.5 Å². The van der Waals surface area contributed by atoms with Crippen molar-refractivity contribution >= 4 is 47.0 Å². The molecule has 10 heteroatoms. The SMILES string of the molecule is CN(C)c1nc(N(C)C)nc(N(C#N)C(=O)Cc2ccc(Cl)cc2Cl)n1. The Kier molecular flexibility index (Phi) is 6.18. The van der Waals surface area contributed by atoms with Crippen molar-refractivity contribution in [1.29, 1.82) is 5.26 Å². The summed E-state index contributed by atoms with van der Waals surface area (Å²) >= 11 is 12.0. The molecule has 0 fully saturated rings. The van der Waals surface area contributed by atoms with E-state index in [4.69, 9.17) is 23.2 Å². The molecule has 1 heterocycles. The average Bonchev–Trinajstić information content (AvgIpc) is 2.57.